The molecule has 2 nitrogen and oxygen atoms in total. The molecule has 0 atom stereocenters. The summed E-state index contributed by atoms with van der Waals surface area (Å²) in [5.74, 6) is -0.273. The normalized spacial score (nSPS) is 12.6. The van der Waals surface area contributed by atoms with Gasteiger partial charge in [-0.15, -0.1) is 0 Å². The molecule has 2 rings (SSSR count). The molecular weight excluding hydrogens is 350 g/mol. The largest absolute Gasteiger partial charge is 0.507 e. The minimum Gasteiger partial charge on any atom is -0.507 e. The van der Waals surface area contributed by atoms with Crippen molar-refractivity contribution in [3.05, 3.63) is 64.2 Å². The number of hydrogen-bond donors (Lipinski definition) is 1. The van der Waals surface area contributed by atoms with Crippen LogP contribution in [0.15, 0.2) is 36.4 Å². The lowest BCUT2D eigenvalue weighted by Gasteiger charge is -2.13. The smallest absolute Gasteiger partial charge is 0.416 e. The number of phenols is 1. The first kappa shape index (κ1) is 18.6. The Balaban J connectivity index is 2.50. The number of alkyl halides is 6. The lowest BCUT2D eigenvalue weighted by atomic mass is 10.0. The molecule has 0 radical (unpaired) electrons. The van der Waals surface area contributed by atoms with E-state index in [0.717, 1.165) is 12.2 Å². The number of aldehydes is 1. The number of phenolic OH excluding ortho intramolecular Hbond substituents is 1. The predicted octanol–water partition coefficient (Wildman–Crippen LogP) is 5.41. The Morgan fingerprint density at radius 2 is 1.32 bits per heavy atom. The summed E-state index contributed by atoms with van der Waals surface area (Å²) in [4.78, 5) is 10.7. The quantitative estimate of drug-likeness (QED) is 0.451. The van der Waals surface area contributed by atoms with Gasteiger partial charge in [0.15, 0.2) is 0 Å². The third-order valence-electron chi connectivity index (χ3n) is 3.25. The topological polar surface area (TPSA) is 37.3 Å². The van der Waals surface area contributed by atoms with Crippen LogP contribution in [0.2, 0.25) is 0 Å². The number of hydrogen-bond acceptors (Lipinski definition) is 2. The van der Waals surface area contributed by atoms with Crippen molar-refractivity contribution < 1.29 is 36.2 Å². The summed E-state index contributed by atoms with van der Waals surface area (Å²) in [6.07, 6.45) is -7.28. The monoisotopic (exact) mass is 360 g/mol. The zero-order valence-corrected chi connectivity index (χ0v) is 12.3. The van der Waals surface area contributed by atoms with Crippen LogP contribution >= 0.6 is 0 Å². The molecule has 0 saturated heterocycles. The van der Waals surface area contributed by atoms with Gasteiger partial charge in [0, 0.05) is 11.1 Å². The third kappa shape index (κ3) is 4.62. The van der Waals surface area contributed by atoms with Crippen molar-refractivity contribution in [3.8, 4) is 5.75 Å². The number of rotatable bonds is 3. The SMILES string of the molecule is O=Cc1ccc(O)c(/C=C/c2cc(C(F)(F)F)cc(C(F)(F)F)c2)c1. The molecule has 132 valence electrons. The Morgan fingerprint density at radius 3 is 1.80 bits per heavy atom. The summed E-state index contributed by atoms with van der Waals surface area (Å²) in [6.45, 7) is 0. The Morgan fingerprint density at radius 1 is 0.760 bits per heavy atom. The van der Waals surface area contributed by atoms with Crippen molar-refractivity contribution >= 4 is 18.4 Å². The maximum Gasteiger partial charge on any atom is 0.416 e. The highest BCUT2D eigenvalue weighted by atomic mass is 19.4. The lowest BCUT2D eigenvalue weighted by molar-refractivity contribution is -0.143. The molecule has 0 fully saturated rings. The van der Waals surface area contributed by atoms with E-state index in [2.05, 4.69) is 0 Å². The zero-order chi connectivity index (χ0) is 18.8. The van der Waals surface area contributed by atoms with E-state index in [1.54, 1.807) is 0 Å². The molecule has 0 aliphatic carbocycles. The molecule has 0 spiro atoms. The van der Waals surface area contributed by atoms with Gasteiger partial charge in [0.05, 0.1) is 11.1 Å². The second-order valence-corrected chi connectivity index (χ2v) is 5.11. The fourth-order valence-electron chi connectivity index (χ4n) is 2.04. The maximum atomic E-state index is 12.8. The van der Waals surface area contributed by atoms with E-state index in [1.807, 2.05) is 0 Å². The maximum absolute atomic E-state index is 12.8. The van der Waals surface area contributed by atoms with Crippen LogP contribution in [-0.4, -0.2) is 11.4 Å². The van der Waals surface area contributed by atoms with E-state index in [-0.39, 0.29) is 28.5 Å². The van der Waals surface area contributed by atoms with Crippen LogP contribution in [-0.2, 0) is 12.4 Å². The van der Waals surface area contributed by atoms with E-state index in [4.69, 9.17) is 0 Å². The van der Waals surface area contributed by atoms with Crippen LogP contribution in [0.5, 0.6) is 5.75 Å². The van der Waals surface area contributed by atoms with Gasteiger partial charge in [0.25, 0.3) is 0 Å². The number of carbonyl (C=O) groups excluding carboxylic acids is 1. The van der Waals surface area contributed by atoms with Crippen LogP contribution in [0.1, 0.15) is 32.6 Å². The first-order valence-electron chi connectivity index (χ1n) is 6.76. The second kappa shape index (κ2) is 6.62. The zero-order valence-electron chi connectivity index (χ0n) is 12.3. The summed E-state index contributed by atoms with van der Waals surface area (Å²) in [7, 11) is 0. The third-order valence-corrected chi connectivity index (χ3v) is 3.25. The molecule has 0 bridgehead atoms. The molecule has 0 aliphatic rings. The summed E-state index contributed by atoms with van der Waals surface area (Å²) in [5, 5.41) is 9.65. The van der Waals surface area contributed by atoms with E-state index in [0.29, 0.717) is 18.4 Å². The minimum atomic E-state index is -4.94. The molecule has 0 aromatic heterocycles. The molecule has 25 heavy (non-hydrogen) atoms. The van der Waals surface area contributed by atoms with Crippen LogP contribution in [0, 0.1) is 0 Å². The molecule has 2 aromatic rings. The first-order valence-corrected chi connectivity index (χ1v) is 6.76. The van der Waals surface area contributed by atoms with E-state index in [1.165, 1.54) is 18.2 Å². The highest BCUT2D eigenvalue weighted by Gasteiger charge is 2.36. The highest BCUT2D eigenvalue weighted by Crippen LogP contribution is 2.36. The first-order chi connectivity index (χ1) is 11.5. The molecule has 8 heteroatoms. The average Bonchev–Trinajstić information content (AvgIpc) is 2.52. The van der Waals surface area contributed by atoms with Gasteiger partial charge >= 0.3 is 12.4 Å². The molecule has 0 unspecified atom stereocenters. The van der Waals surface area contributed by atoms with Gasteiger partial charge in [-0.05, 0) is 42.0 Å². The van der Waals surface area contributed by atoms with Crippen LogP contribution in [0.4, 0.5) is 26.3 Å². The molecule has 0 heterocycles. The minimum absolute atomic E-state index is 0.0296. The summed E-state index contributed by atoms with van der Waals surface area (Å²) < 4.78 is 76.8. The summed E-state index contributed by atoms with van der Waals surface area (Å²) in [5.41, 5.74) is -2.95. The van der Waals surface area contributed by atoms with Crippen molar-refractivity contribution in [1.82, 2.24) is 0 Å². The highest BCUT2D eigenvalue weighted by molar-refractivity contribution is 5.80. The number of aromatic hydroxyl groups is 1. The molecular formula is C17H10F6O2. The molecule has 0 amide bonds. The number of carbonyl (C=O) groups is 1. The van der Waals surface area contributed by atoms with E-state index >= 15 is 0 Å². The Labute approximate surface area is 138 Å². The van der Waals surface area contributed by atoms with Crippen molar-refractivity contribution in [2.45, 2.75) is 12.4 Å². The van der Waals surface area contributed by atoms with Gasteiger partial charge < -0.3 is 5.11 Å². The van der Waals surface area contributed by atoms with Gasteiger partial charge in [-0.3, -0.25) is 4.79 Å². The van der Waals surface area contributed by atoms with Gasteiger partial charge in [0.1, 0.15) is 12.0 Å². The fourth-order valence-corrected chi connectivity index (χ4v) is 2.04. The Hall–Kier alpha value is -2.77. The Kier molecular flexibility index (Phi) is 4.92. The van der Waals surface area contributed by atoms with E-state index in [9.17, 15) is 36.2 Å². The fraction of sp³-hybridized carbons (Fsp3) is 0.118. The van der Waals surface area contributed by atoms with Crippen molar-refractivity contribution in [2.24, 2.45) is 0 Å². The molecule has 2 aromatic carbocycles. The van der Waals surface area contributed by atoms with Crippen LogP contribution in [0.3, 0.4) is 0 Å². The molecule has 0 saturated carbocycles. The van der Waals surface area contributed by atoms with Crippen molar-refractivity contribution in [3.63, 3.8) is 0 Å². The number of halogens is 6. The molecule has 0 aliphatic heterocycles. The standard InChI is InChI=1S/C17H10F6O2/c18-16(19,20)13-6-10(7-14(8-13)17(21,22)23)1-3-12-5-11(9-24)2-4-15(12)25/h1-9,25H/b3-1+. The summed E-state index contributed by atoms with van der Waals surface area (Å²) in [6, 6.07) is 4.90. The van der Waals surface area contributed by atoms with Crippen LogP contribution in [0.25, 0.3) is 12.2 Å². The van der Waals surface area contributed by atoms with Gasteiger partial charge in [-0.2, -0.15) is 26.3 Å². The van der Waals surface area contributed by atoms with Gasteiger partial charge in [-0.25, -0.2) is 0 Å². The molecule has 1 N–H and O–H groups in total. The Bertz CT molecular complexity index is 787. The van der Waals surface area contributed by atoms with Gasteiger partial charge in [-0.1, -0.05) is 12.2 Å². The lowest BCUT2D eigenvalue weighted by Crippen LogP contribution is -2.11. The van der Waals surface area contributed by atoms with Crippen molar-refractivity contribution in [1.29, 1.82) is 0 Å². The van der Waals surface area contributed by atoms with Crippen LogP contribution < -0.4 is 0 Å². The number of benzene rings is 2. The average molecular weight is 360 g/mol. The van der Waals surface area contributed by atoms with E-state index < -0.39 is 23.5 Å². The summed E-state index contributed by atoms with van der Waals surface area (Å²) >= 11 is 0. The second-order valence-electron chi connectivity index (χ2n) is 5.11. The van der Waals surface area contributed by atoms with Crippen molar-refractivity contribution in [2.75, 3.05) is 0 Å². The predicted molar refractivity (Wildman–Crippen MR) is 78.9 cm³/mol. The van der Waals surface area contributed by atoms with Gasteiger partial charge in [0.2, 0.25) is 0 Å².